The van der Waals surface area contributed by atoms with Crippen LogP contribution < -0.4 is 5.32 Å². The zero-order valence-electron chi connectivity index (χ0n) is 27.6. The smallest absolute Gasteiger partial charge is 0.291 e. The molecule has 2 N–H and O–H groups in total. The third kappa shape index (κ3) is 7.15. The number of aromatic amines is 1. The van der Waals surface area contributed by atoms with E-state index in [4.69, 9.17) is 4.99 Å². The highest BCUT2D eigenvalue weighted by atomic mass is 16.2. The highest BCUT2D eigenvalue weighted by molar-refractivity contribution is 6.39. The first-order valence-corrected chi connectivity index (χ1v) is 16.7. The van der Waals surface area contributed by atoms with Crippen LogP contribution in [0.3, 0.4) is 0 Å². The van der Waals surface area contributed by atoms with Gasteiger partial charge in [-0.2, -0.15) is 5.21 Å². The molecule has 0 radical (unpaired) electrons. The molecule has 1 atom stereocenters. The van der Waals surface area contributed by atoms with Crippen molar-refractivity contribution in [1.29, 1.82) is 0 Å². The Labute approximate surface area is 262 Å². The number of benzene rings is 1. The number of hydrogen-bond acceptors (Lipinski definition) is 7. The summed E-state index contributed by atoms with van der Waals surface area (Å²) < 4.78 is 0. The summed E-state index contributed by atoms with van der Waals surface area (Å²) >= 11 is 0. The Morgan fingerprint density at radius 3 is 2.36 bits per heavy atom. The van der Waals surface area contributed by atoms with Crippen LogP contribution in [0.25, 0.3) is 0 Å². The molecule has 0 unspecified atom stereocenters. The molecule has 0 saturated heterocycles. The second-order valence-electron chi connectivity index (χ2n) is 14.8. The van der Waals surface area contributed by atoms with Crippen molar-refractivity contribution < 1.29 is 9.59 Å². The first kappa shape index (κ1) is 32.1. The summed E-state index contributed by atoms with van der Waals surface area (Å²) in [5, 5.41) is 16.6. The number of likely N-dealkylation sites (N-methyl/N-ethyl adjacent to an activating group) is 1. The van der Waals surface area contributed by atoms with Crippen molar-refractivity contribution in [2.45, 2.75) is 130 Å². The van der Waals surface area contributed by atoms with Crippen LogP contribution in [0.5, 0.6) is 0 Å². The van der Waals surface area contributed by atoms with Crippen LogP contribution in [0.1, 0.15) is 133 Å². The van der Waals surface area contributed by atoms with Crippen molar-refractivity contribution in [3.05, 3.63) is 41.2 Å². The molecule has 0 bridgehead atoms. The Hall–Kier alpha value is -3.30. The highest BCUT2D eigenvalue weighted by Crippen LogP contribution is 2.48. The fraction of sp³-hybridized carbons (Fsp3) is 0.706. The third-order valence-corrected chi connectivity index (χ3v) is 10.2. The molecule has 2 saturated carbocycles. The van der Waals surface area contributed by atoms with Crippen LogP contribution in [0, 0.1) is 17.3 Å². The maximum absolute atomic E-state index is 14.7. The summed E-state index contributed by atoms with van der Waals surface area (Å²) in [5.41, 5.74) is 1.20. The Balaban J connectivity index is 1.45. The predicted octanol–water partition coefficient (Wildman–Crippen LogP) is 6.04. The zero-order chi connectivity index (χ0) is 31.5. The van der Waals surface area contributed by atoms with Gasteiger partial charge in [0.15, 0.2) is 11.7 Å². The molecule has 1 spiro atoms. The lowest BCUT2D eigenvalue weighted by atomic mass is 9.75. The SMILES string of the molecule is CC(C)C1CCC2(CC1)N=C(N(C)C1CCCCC1)C(=O)N2[C@H](CCC(C)(C)C)c1ccc(C(=O)NCc2nn[nH]n2)cc1. The van der Waals surface area contributed by atoms with E-state index in [1.165, 1.54) is 19.3 Å². The molecule has 2 fully saturated rings. The standard InChI is InChI=1S/C34H52N8O2/c1-23(2)24-16-20-34(21-17-24)36-30(41(6)27-10-8-7-9-11-27)32(44)42(34)28(18-19-33(3,4)5)25-12-14-26(15-13-25)31(43)35-22-29-37-39-40-38-29/h12-15,23-24,27-28H,7-11,16-22H2,1-6H3,(H,35,43)(H,37,38,39,40)/t24?,28-,34?/m1/s1. The van der Waals surface area contributed by atoms with E-state index < -0.39 is 5.66 Å². The lowest BCUT2D eigenvalue weighted by Crippen LogP contribution is -2.52. The number of amidine groups is 1. The second kappa shape index (κ2) is 13.4. The summed E-state index contributed by atoms with van der Waals surface area (Å²) in [6.45, 7) is 11.6. The lowest BCUT2D eigenvalue weighted by molar-refractivity contribution is -0.134. The van der Waals surface area contributed by atoms with Crippen molar-refractivity contribution in [1.82, 2.24) is 35.7 Å². The van der Waals surface area contributed by atoms with Gasteiger partial charge in [0.25, 0.3) is 11.8 Å². The van der Waals surface area contributed by atoms with Crippen molar-refractivity contribution in [2.75, 3.05) is 7.05 Å². The Kier molecular flexibility index (Phi) is 9.75. The molecule has 1 aromatic heterocycles. The topological polar surface area (TPSA) is 119 Å². The number of aliphatic imine (C=N–C) groups is 1. The summed E-state index contributed by atoms with van der Waals surface area (Å²) in [4.78, 5) is 37.4. The number of amides is 2. The average Bonchev–Trinajstić information content (AvgIpc) is 3.63. The largest absolute Gasteiger partial charge is 0.352 e. The maximum Gasteiger partial charge on any atom is 0.291 e. The molecule has 5 rings (SSSR count). The van der Waals surface area contributed by atoms with Gasteiger partial charge in [-0.25, -0.2) is 4.99 Å². The number of nitrogens with zero attached hydrogens (tertiary/aromatic N) is 6. The lowest BCUT2D eigenvalue weighted by Gasteiger charge is -2.46. The first-order chi connectivity index (χ1) is 21.0. The Bertz CT molecular complexity index is 1280. The van der Waals surface area contributed by atoms with Gasteiger partial charge < -0.3 is 15.1 Å². The van der Waals surface area contributed by atoms with Gasteiger partial charge in [0.05, 0.1) is 12.6 Å². The van der Waals surface area contributed by atoms with Gasteiger partial charge in [-0.15, -0.1) is 10.2 Å². The molecule has 10 nitrogen and oxygen atoms in total. The van der Waals surface area contributed by atoms with E-state index in [-0.39, 0.29) is 29.8 Å². The number of tetrazole rings is 1. The van der Waals surface area contributed by atoms with Crippen LogP contribution >= 0.6 is 0 Å². The van der Waals surface area contributed by atoms with Crippen LogP contribution in [-0.2, 0) is 11.3 Å². The van der Waals surface area contributed by atoms with Crippen molar-refractivity contribution in [3.63, 3.8) is 0 Å². The van der Waals surface area contributed by atoms with Crippen molar-refractivity contribution in [3.8, 4) is 0 Å². The molecular formula is C34H52N8O2. The number of hydrogen-bond donors (Lipinski definition) is 2. The van der Waals surface area contributed by atoms with E-state index in [9.17, 15) is 9.59 Å². The molecule has 240 valence electrons. The quantitative estimate of drug-likeness (QED) is 0.360. The minimum atomic E-state index is -0.524. The van der Waals surface area contributed by atoms with Gasteiger partial charge in [-0.05, 0) is 86.3 Å². The zero-order valence-corrected chi connectivity index (χ0v) is 27.6. The van der Waals surface area contributed by atoms with Crippen LogP contribution in [0.15, 0.2) is 29.3 Å². The fourth-order valence-corrected chi connectivity index (χ4v) is 7.41. The fourth-order valence-electron chi connectivity index (χ4n) is 7.41. The molecule has 2 aromatic rings. The number of nitrogens with one attached hydrogen (secondary N) is 2. The van der Waals surface area contributed by atoms with Gasteiger partial charge in [-0.1, -0.05) is 71.2 Å². The minimum Gasteiger partial charge on any atom is -0.352 e. The first-order valence-electron chi connectivity index (χ1n) is 16.7. The summed E-state index contributed by atoms with van der Waals surface area (Å²) in [5.74, 6) is 2.23. The van der Waals surface area contributed by atoms with Gasteiger partial charge in [-0.3, -0.25) is 9.59 Å². The maximum atomic E-state index is 14.7. The van der Waals surface area contributed by atoms with Crippen molar-refractivity contribution in [2.24, 2.45) is 22.2 Å². The summed E-state index contributed by atoms with van der Waals surface area (Å²) in [7, 11) is 2.09. The van der Waals surface area contributed by atoms with Gasteiger partial charge in [0.1, 0.15) is 5.66 Å². The molecule has 2 amide bonds. The molecular weight excluding hydrogens is 552 g/mol. The van der Waals surface area contributed by atoms with E-state index in [0.29, 0.717) is 35.1 Å². The highest BCUT2D eigenvalue weighted by Gasteiger charge is 2.53. The molecule has 44 heavy (non-hydrogen) atoms. The number of aromatic nitrogens is 4. The van der Waals surface area contributed by atoms with Gasteiger partial charge in [0, 0.05) is 18.7 Å². The van der Waals surface area contributed by atoms with Crippen LogP contribution in [0.4, 0.5) is 0 Å². The predicted molar refractivity (Wildman–Crippen MR) is 172 cm³/mol. The molecule has 2 heterocycles. The third-order valence-electron chi connectivity index (χ3n) is 10.2. The number of carbonyl (C=O) groups excluding carboxylic acids is 2. The van der Waals surface area contributed by atoms with E-state index in [1.54, 1.807) is 0 Å². The molecule has 10 heteroatoms. The number of carbonyl (C=O) groups is 2. The minimum absolute atomic E-state index is 0.0712. The van der Waals surface area contributed by atoms with Crippen LogP contribution in [-0.4, -0.2) is 66.8 Å². The molecule has 2 aliphatic carbocycles. The van der Waals surface area contributed by atoms with Gasteiger partial charge in [0.2, 0.25) is 0 Å². The normalized spacial score (nSPS) is 23.7. The Morgan fingerprint density at radius 1 is 1.09 bits per heavy atom. The van der Waals surface area contributed by atoms with Crippen molar-refractivity contribution >= 4 is 17.6 Å². The van der Waals surface area contributed by atoms with Crippen LogP contribution in [0.2, 0.25) is 0 Å². The number of H-pyrrole nitrogens is 1. The summed E-state index contributed by atoms with van der Waals surface area (Å²) in [6.07, 6.45) is 11.7. The second-order valence-corrected chi connectivity index (χ2v) is 14.8. The Morgan fingerprint density at radius 2 is 1.77 bits per heavy atom. The average molecular weight is 605 g/mol. The van der Waals surface area contributed by atoms with Gasteiger partial charge >= 0.3 is 0 Å². The van der Waals surface area contributed by atoms with E-state index in [2.05, 4.69) is 77.4 Å². The summed E-state index contributed by atoms with van der Waals surface area (Å²) in [6, 6.07) is 8.02. The van der Waals surface area contributed by atoms with E-state index in [0.717, 1.165) is 56.9 Å². The molecule has 1 aromatic carbocycles. The molecule has 1 aliphatic heterocycles. The molecule has 3 aliphatic rings. The van der Waals surface area contributed by atoms with E-state index >= 15 is 0 Å². The number of rotatable bonds is 9. The van der Waals surface area contributed by atoms with E-state index in [1.807, 2.05) is 24.3 Å². The monoisotopic (exact) mass is 604 g/mol.